The second kappa shape index (κ2) is 22.1. The van der Waals surface area contributed by atoms with E-state index in [9.17, 15) is 9.59 Å². The number of carbonyl (C=O) groups excluding carboxylic acids is 2. The Morgan fingerprint density at radius 2 is 0.839 bits per heavy atom. The zero-order valence-corrected chi connectivity index (χ0v) is 38.3. The standard InChI is InChI=1S/C40H60F2N8O2S4/c1-39(2,41)27-21-29(35(55-19-15-49(9)10)24-33(27)53-17-13-47(5)6)45-37(51)31-23-32(44-26-43-31)38(52)46-30-22-28(40(3,4)42)34(54-18-14-48(7)8)25-36(30)56-20-16-50(11)12/h21-26H,13-20H2,1-12H3,(H,45,51)(H,46,52). The maximum Gasteiger partial charge on any atom is 0.274 e. The molecule has 0 unspecified atom stereocenters. The number of halogens is 2. The summed E-state index contributed by atoms with van der Waals surface area (Å²) in [7, 11) is 16.0. The quantitative estimate of drug-likeness (QED) is 0.0960. The van der Waals surface area contributed by atoms with Crippen molar-refractivity contribution in [1.29, 1.82) is 0 Å². The summed E-state index contributed by atoms with van der Waals surface area (Å²) in [4.78, 5) is 47.6. The van der Waals surface area contributed by atoms with E-state index in [1.807, 2.05) is 68.5 Å². The number of nitrogens with one attached hydrogen (secondary N) is 2. The molecule has 0 spiro atoms. The molecule has 0 bridgehead atoms. The molecule has 0 radical (unpaired) electrons. The fourth-order valence-corrected chi connectivity index (χ4v) is 10.2. The van der Waals surface area contributed by atoms with Crippen molar-refractivity contribution in [3.8, 4) is 0 Å². The van der Waals surface area contributed by atoms with Gasteiger partial charge in [0.1, 0.15) is 29.1 Å². The number of anilines is 2. The number of hydrogen-bond donors (Lipinski definition) is 2. The van der Waals surface area contributed by atoms with E-state index in [2.05, 4.69) is 40.2 Å². The molecule has 3 rings (SSSR count). The van der Waals surface area contributed by atoms with E-state index in [1.165, 1.54) is 40.1 Å². The molecule has 16 heteroatoms. The fraction of sp³-hybridized carbons (Fsp3) is 0.550. The molecule has 0 atom stereocenters. The number of aromatic nitrogens is 2. The van der Waals surface area contributed by atoms with Crippen molar-refractivity contribution in [2.75, 3.05) is 116 Å². The second-order valence-corrected chi connectivity index (χ2v) is 20.0. The molecule has 0 saturated heterocycles. The average Bonchev–Trinajstić information content (AvgIpc) is 3.08. The molecule has 1 heterocycles. The molecule has 0 aliphatic carbocycles. The van der Waals surface area contributed by atoms with Gasteiger partial charge in [0.25, 0.3) is 11.8 Å². The Hall–Kier alpha value is -2.44. The highest BCUT2D eigenvalue weighted by atomic mass is 32.2. The molecule has 0 aliphatic rings. The van der Waals surface area contributed by atoms with Crippen LogP contribution in [0.2, 0.25) is 0 Å². The van der Waals surface area contributed by atoms with Gasteiger partial charge in [-0.25, -0.2) is 18.7 Å². The largest absolute Gasteiger partial charge is 0.320 e. The van der Waals surface area contributed by atoms with Gasteiger partial charge in [-0.3, -0.25) is 9.59 Å². The molecule has 0 saturated carbocycles. The van der Waals surface area contributed by atoms with E-state index in [4.69, 9.17) is 0 Å². The normalized spacial score (nSPS) is 12.3. The number of alkyl halides is 2. The maximum atomic E-state index is 15.7. The van der Waals surface area contributed by atoms with E-state index in [0.717, 1.165) is 68.8 Å². The zero-order valence-electron chi connectivity index (χ0n) is 35.0. The third kappa shape index (κ3) is 15.7. The molecule has 3 aromatic rings. The minimum atomic E-state index is -1.67. The molecule has 2 amide bonds. The molecule has 0 fully saturated rings. The first kappa shape index (κ1) is 47.9. The van der Waals surface area contributed by atoms with E-state index in [-0.39, 0.29) is 11.4 Å². The summed E-state index contributed by atoms with van der Waals surface area (Å²) in [5, 5.41) is 5.91. The number of rotatable bonds is 22. The summed E-state index contributed by atoms with van der Waals surface area (Å²) in [5.41, 5.74) is -1.51. The van der Waals surface area contributed by atoms with Crippen LogP contribution < -0.4 is 10.6 Å². The van der Waals surface area contributed by atoms with Crippen LogP contribution in [0.25, 0.3) is 0 Å². The van der Waals surface area contributed by atoms with Gasteiger partial charge < -0.3 is 30.2 Å². The number of nitrogens with zero attached hydrogens (tertiary/aromatic N) is 6. The molecule has 2 aromatic carbocycles. The Kier molecular flexibility index (Phi) is 18.9. The van der Waals surface area contributed by atoms with Gasteiger partial charge in [-0.05, 0) is 108 Å². The zero-order chi connectivity index (χ0) is 41.8. The first-order valence-corrected chi connectivity index (χ1v) is 22.4. The maximum absolute atomic E-state index is 15.7. The smallest absolute Gasteiger partial charge is 0.274 e. The van der Waals surface area contributed by atoms with Gasteiger partial charge in [0.2, 0.25) is 0 Å². The van der Waals surface area contributed by atoms with Crippen LogP contribution in [0, 0.1) is 0 Å². The Labute approximate surface area is 350 Å². The van der Waals surface area contributed by atoms with Crippen LogP contribution in [-0.4, -0.2) is 147 Å². The lowest BCUT2D eigenvalue weighted by atomic mass is 9.99. The Balaban J connectivity index is 1.97. The molecular formula is C40H60F2N8O2S4. The minimum absolute atomic E-state index is 0.0290. The van der Waals surface area contributed by atoms with Crippen molar-refractivity contribution in [1.82, 2.24) is 29.6 Å². The monoisotopic (exact) mass is 850 g/mol. The van der Waals surface area contributed by atoms with Crippen molar-refractivity contribution >= 4 is 70.2 Å². The van der Waals surface area contributed by atoms with Crippen molar-refractivity contribution < 1.29 is 18.4 Å². The third-order valence-electron chi connectivity index (χ3n) is 8.26. The molecule has 2 N–H and O–H groups in total. The van der Waals surface area contributed by atoms with Crippen molar-refractivity contribution in [2.45, 2.75) is 58.6 Å². The lowest BCUT2D eigenvalue weighted by Crippen LogP contribution is -2.20. The summed E-state index contributed by atoms with van der Waals surface area (Å²) < 4.78 is 31.4. The molecule has 10 nitrogen and oxygen atoms in total. The van der Waals surface area contributed by atoms with Gasteiger partial charge in [-0.15, -0.1) is 47.0 Å². The fourth-order valence-electron chi connectivity index (χ4n) is 5.06. The summed E-state index contributed by atoms with van der Waals surface area (Å²) in [6, 6.07) is 8.67. The van der Waals surface area contributed by atoms with Crippen molar-refractivity contribution in [2.24, 2.45) is 0 Å². The van der Waals surface area contributed by atoms with Gasteiger partial charge in [0, 0.05) is 86.0 Å². The van der Waals surface area contributed by atoms with E-state index in [1.54, 1.807) is 59.2 Å². The highest BCUT2D eigenvalue weighted by Crippen LogP contribution is 2.42. The van der Waals surface area contributed by atoms with Crippen LogP contribution in [-0.2, 0) is 11.3 Å². The van der Waals surface area contributed by atoms with Gasteiger partial charge in [0.05, 0.1) is 11.4 Å². The molecular weight excluding hydrogens is 791 g/mol. The topological polar surface area (TPSA) is 96.9 Å². The minimum Gasteiger partial charge on any atom is -0.320 e. The van der Waals surface area contributed by atoms with E-state index >= 15 is 8.78 Å². The number of amides is 2. The molecule has 310 valence electrons. The molecule has 56 heavy (non-hydrogen) atoms. The number of carbonyl (C=O) groups is 2. The highest BCUT2D eigenvalue weighted by molar-refractivity contribution is 8.00. The van der Waals surface area contributed by atoms with Gasteiger partial charge in [0.15, 0.2) is 0 Å². The number of hydrogen-bond acceptors (Lipinski definition) is 12. The number of benzene rings is 2. The first-order valence-electron chi connectivity index (χ1n) is 18.5. The molecule has 1 aromatic heterocycles. The Morgan fingerprint density at radius 3 is 1.12 bits per heavy atom. The van der Waals surface area contributed by atoms with Gasteiger partial charge in [-0.1, -0.05) is 0 Å². The summed E-state index contributed by atoms with van der Waals surface area (Å²) in [5.74, 6) is 1.93. The third-order valence-corrected chi connectivity index (χ3v) is 12.4. The van der Waals surface area contributed by atoms with Crippen LogP contribution >= 0.6 is 47.0 Å². The Bertz CT molecular complexity index is 1640. The van der Waals surface area contributed by atoms with Crippen LogP contribution in [0.1, 0.15) is 59.8 Å². The predicted molar refractivity (Wildman–Crippen MR) is 236 cm³/mol. The lowest BCUT2D eigenvalue weighted by molar-refractivity contribution is 0.102. The summed E-state index contributed by atoms with van der Waals surface area (Å²) in [6.45, 7) is 9.32. The van der Waals surface area contributed by atoms with Crippen LogP contribution in [0.5, 0.6) is 0 Å². The Morgan fingerprint density at radius 1 is 0.536 bits per heavy atom. The lowest BCUT2D eigenvalue weighted by Gasteiger charge is -2.23. The van der Waals surface area contributed by atoms with Crippen LogP contribution in [0.15, 0.2) is 56.2 Å². The number of thioether (sulfide) groups is 4. The average molecular weight is 851 g/mol. The predicted octanol–water partition coefficient (Wildman–Crippen LogP) is 8.01. The van der Waals surface area contributed by atoms with Crippen molar-refractivity contribution in [3.63, 3.8) is 0 Å². The van der Waals surface area contributed by atoms with Crippen LogP contribution in [0.4, 0.5) is 20.2 Å². The van der Waals surface area contributed by atoms with Gasteiger partial charge >= 0.3 is 0 Å². The molecule has 0 aliphatic heterocycles. The SMILES string of the molecule is CN(C)CCSc1cc(SCCN(C)C)c(C(C)(C)F)cc1NC(=O)c1cc(C(=O)Nc2cc(C(C)(C)F)c(SCCN(C)C)cc2SCCN(C)C)ncn1. The second-order valence-electron chi connectivity index (χ2n) is 15.4. The van der Waals surface area contributed by atoms with Crippen molar-refractivity contribution in [3.05, 3.63) is 59.2 Å². The highest BCUT2D eigenvalue weighted by Gasteiger charge is 2.28. The summed E-state index contributed by atoms with van der Waals surface area (Å²) in [6.07, 6.45) is 1.17. The summed E-state index contributed by atoms with van der Waals surface area (Å²) >= 11 is 6.33. The van der Waals surface area contributed by atoms with E-state index < -0.39 is 23.2 Å². The van der Waals surface area contributed by atoms with E-state index in [0.29, 0.717) is 22.5 Å². The van der Waals surface area contributed by atoms with Gasteiger partial charge in [-0.2, -0.15) is 0 Å². The first-order chi connectivity index (χ1) is 26.1. The van der Waals surface area contributed by atoms with Crippen LogP contribution in [0.3, 0.4) is 0 Å².